The molecule has 0 spiro atoms. The van der Waals surface area contributed by atoms with Gasteiger partial charge in [0.25, 0.3) is 0 Å². The fraction of sp³-hybridized carbons (Fsp3) is 0.545. The van der Waals surface area contributed by atoms with Gasteiger partial charge in [-0.15, -0.1) is 13.2 Å². The number of rotatable bonds is 12. The lowest BCUT2D eigenvalue weighted by molar-refractivity contribution is -0.147. The summed E-state index contributed by atoms with van der Waals surface area (Å²) in [5, 5.41) is 0. The summed E-state index contributed by atoms with van der Waals surface area (Å²) < 4.78 is 10.6. The minimum absolute atomic E-state index is 0.163. The van der Waals surface area contributed by atoms with Crippen LogP contribution in [0.4, 0.5) is 0 Å². The first kappa shape index (κ1) is 45.8. The molecule has 2 amide bonds. The molecule has 0 saturated carbocycles. The van der Waals surface area contributed by atoms with Crippen LogP contribution in [0.25, 0.3) is 0 Å². The van der Waals surface area contributed by atoms with Crippen molar-refractivity contribution in [2.24, 2.45) is 0 Å². The molecule has 0 aromatic heterocycles. The number of hydrogen-bond acceptors (Lipinski definition) is 6. The van der Waals surface area contributed by atoms with Gasteiger partial charge in [0.15, 0.2) is 0 Å². The van der Waals surface area contributed by atoms with Crippen molar-refractivity contribution in [2.45, 2.75) is 118 Å². The van der Waals surface area contributed by atoms with E-state index in [9.17, 15) is 19.2 Å². The van der Waals surface area contributed by atoms with Gasteiger partial charge in [0.05, 0.1) is 25.9 Å². The zero-order valence-corrected chi connectivity index (χ0v) is 33.4. The fourth-order valence-electron chi connectivity index (χ4n) is 5.56. The minimum Gasteiger partial charge on any atom is -0.464 e. The minimum atomic E-state index is -0.253. The number of amides is 2. The lowest BCUT2D eigenvalue weighted by atomic mass is 9.82. The number of likely N-dealkylation sites (tertiary alicyclic amines) is 2. The first-order chi connectivity index (χ1) is 24.4. The van der Waals surface area contributed by atoms with Crippen molar-refractivity contribution in [3.05, 3.63) is 96.1 Å². The number of esters is 2. The average Bonchev–Trinajstić information content (AvgIpc) is 3.36. The Morgan fingerprint density at radius 3 is 1.29 bits per heavy atom. The van der Waals surface area contributed by atoms with Gasteiger partial charge in [0, 0.05) is 36.8 Å². The SMILES string of the molecule is C=C(C)C.C=C(C)C.CC(C)(CC(=O)OCCN1CCCC1=O)c1ccccc1.CC(C)(CC(=O)OCCN1CCCCCC1=O)c1ccccc1. The second-order valence-electron chi connectivity index (χ2n) is 15.4. The molecule has 2 saturated heterocycles. The number of ether oxygens (including phenoxy) is 2. The summed E-state index contributed by atoms with van der Waals surface area (Å²) in [7, 11) is 0. The summed E-state index contributed by atoms with van der Waals surface area (Å²) in [6, 6.07) is 19.9. The summed E-state index contributed by atoms with van der Waals surface area (Å²) >= 11 is 0. The van der Waals surface area contributed by atoms with Gasteiger partial charge < -0.3 is 19.3 Å². The molecule has 2 aliphatic rings. The highest BCUT2D eigenvalue weighted by Crippen LogP contribution is 2.28. The molecule has 0 aliphatic carbocycles. The number of carbonyl (C=O) groups excluding carboxylic acids is 4. The van der Waals surface area contributed by atoms with Crippen molar-refractivity contribution in [3.63, 3.8) is 0 Å². The average molecular weight is 719 g/mol. The molecule has 0 bridgehead atoms. The Morgan fingerprint density at radius 2 is 0.942 bits per heavy atom. The normalized spacial score (nSPS) is 14.3. The summed E-state index contributed by atoms with van der Waals surface area (Å²) in [5.74, 6) is -0.0737. The molecule has 8 heteroatoms. The molecule has 2 aromatic carbocycles. The van der Waals surface area contributed by atoms with Gasteiger partial charge in [-0.2, -0.15) is 0 Å². The quantitative estimate of drug-likeness (QED) is 0.161. The molecule has 8 nitrogen and oxygen atoms in total. The molecule has 288 valence electrons. The molecule has 0 unspecified atom stereocenters. The van der Waals surface area contributed by atoms with Crippen molar-refractivity contribution in [3.8, 4) is 0 Å². The standard InChI is InChI=1S/C19H27NO3.C17H23NO3.2C4H8/c1-19(2,16-9-5-3-6-10-16)15-18(22)23-14-13-20-12-8-4-7-11-17(20)21;1-17(2,14-7-4-3-5-8-14)13-16(20)21-12-11-18-10-6-9-15(18)19;2*1-4(2)3/h3,5-6,9-10H,4,7-8,11-15H2,1-2H3;3-5,7-8H,6,9-13H2,1-2H3;2*1H2,2-3H3. The second kappa shape index (κ2) is 24.1. The third-order valence-corrected chi connectivity index (χ3v) is 8.37. The summed E-state index contributed by atoms with van der Waals surface area (Å²) in [6.07, 6.45) is 5.95. The molecule has 2 heterocycles. The van der Waals surface area contributed by atoms with Crippen molar-refractivity contribution < 1.29 is 28.7 Å². The predicted molar refractivity (Wildman–Crippen MR) is 212 cm³/mol. The maximum Gasteiger partial charge on any atom is 0.306 e. The highest BCUT2D eigenvalue weighted by Gasteiger charge is 2.27. The van der Waals surface area contributed by atoms with Gasteiger partial charge in [-0.1, -0.05) is 106 Å². The highest BCUT2D eigenvalue weighted by atomic mass is 16.5. The van der Waals surface area contributed by atoms with Gasteiger partial charge in [-0.05, 0) is 58.1 Å². The molecule has 2 aromatic rings. The number of carbonyl (C=O) groups is 4. The van der Waals surface area contributed by atoms with Crippen LogP contribution < -0.4 is 0 Å². The molecule has 2 aliphatic heterocycles. The number of nitrogens with zero attached hydrogens (tertiary/aromatic N) is 2. The molecule has 2 fully saturated rings. The van der Waals surface area contributed by atoms with E-state index in [1.807, 2.05) is 121 Å². The van der Waals surface area contributed by atoms with Crippen molar-refractivity contribution in [1.82, 2.24) is 9.80 Å². The van der Waals surface area contributed by atoms with Gasteiger partial charge in [-0.3, -0.25) is 19.2 Å². The number of benzene rings is 2. The largest absolute Gasteiger partial charge is 0.464 e. The van der Waals surface area contributed by atoms with Crippen LogP contribution in [0.15, 0.2) is 85.0 Å². The van der Waals surface area contributed by atoms with Gasteiger partial charge >= 0.3 is 11.9 Å². The Kier molecular flexibility index (Phi) is 21.3. The van der Waals surface area contributed by atoms with Gasteiger partial charge in [0.2, 0.25) is 11.8 Å². The van der Waals surface area contributed by atoms with Crippen LogP contribution in [-0.2, 0) is 39.5 Å². The van der Waals surface area contributed by atoms with E-state index in [4.69, 9.17) is 9.47 Å². The Balaban J connectivity index is 0.000000432. The Bertz CT molecular complexity index is 1380. The molecule has 0 radical (unpaired) electrons. The van der Waals surface area contributed by atoms with Gasteiger partial charge in [-0.25, -0.2) is 0 Å². The van der Waals surface area contributed by atoms with Crippen LogP contribution >= 0.6 is 0 Å². The van der Waals surface area contributed by atoms with E-state index in [1.54, 1.807) is 4.90 Å². The maximum absolute atomic E-state index is 12.1. The van der Waals surface area contributed by atoms with E-state index < -0.39 is 0 Å². The van der Waals surface area contributed by atoms with E-state index in [1.165, 1.54) is 11.1 Å². The Morgan fingerprint density at radius 1 is 0.596 bits per heavy atom. The molecule has 0 atom stereocenters. The predicted octanol–water partition coefficient (Wildman–Crippen LogP) is 8.98. The van der Waals surface area contributed by atoms with Crippen LogP contribution in [-0.4, -0.2) is 72.9 Å². The second-order valence-corrected chi connectivity index (χ2v) is 15.4. The number of allylic oxidation sites excluding steroid dienone is 2. The van der Waals surface area contributed by atoms with E-state index in [-0.39, 0.29) is 47.8 Å². The first-order valence-electron chi connectivity index (χ1n) is 18.7. The van der Waals surface area contributed by atoms with Crippen LogP contribution in [0.3, 0.4) is 0 Å². The molecule has 4 rings (SSSR count). The van der Waals surface area contributed by atoms with Crippen molar-refractivity contribution >= 4 is 23.8 Å². The van der Waals surface area contributed by atoms with Crippen LogP contribution in [0, 0.1) is 0 Å². The smallest absolute Gasteiger partial charge is 0.306 e. The van der Waals surface area contributed by atoms with Gasteiger partial charge in [0.1, 0.15) is 13.2 Å². The highest BCUT2D eigenvalue weighted by molar-refractivity contribution is 5.78. The third kappa shape index (κ3) is 20.0. The summed E-state index contributed by atoms with van der Waals surface area (Å²) in [6.45, 7) is 26.3. The maximum atomic E-state index is 12.1. The summed E-state index contributed by atoms with van der Waals surface area (Å²) in [4.78, 5) is 51.0. The van der Waals surface area contributed by atoms with E-state index in [2.05, 4.69) is 13.2 Å². The van der Waals surface area contributed by atoms with Crippen molar-refractivity contribution in [1.29, 1.82) is 0 Å². The van der Waals surface area contributed by atoms with E-state index in [0.29, 0.717) is 38.8 Å². The third-order valence-electron chi connectivity index (χ3n) is 8.37. The van der Waals surface area contributed by atoms with Crippen LogP contribution in [0.1, 0.15) is 118 Å². The monoisotopic (exact) mass is 718 g/mol. The topological polar surface area (TPSA) is 93.2 Å². The van der Waals surface area contributed by atoms with Crippen LogP contribution in [0.2, 0.25) is 0 Å². The molecular formula is C44H66N2O6. The van der Waals surface area contributed by atoms with E-state index in [0.717, 1.165) is 49.9 Å². The lowest BCUT2D eigenvalue weighted by Crippen LogP contribution is -2.34. The Hall–Kier alpha value is -4.20. The fourth-order valence-corrected chi connectivity index (χ4v) is 5.56. The number of hydrogen-bond donors (Lipinski definition) is 0. The van der Waals surface area contributed by atoms with Crippen molar-refractivity contribution in [2.75, 3.05) is 39.4 Å². The summed E-state index contributed by atoms with van der Waals surface area (Å²) in [5.41, 5.74) is 4.08. The lowest BCUT2D eigenvalue weighted by Gasteiger charge is -2.25. The zero-order chi connectivity index (χ0) is 39.2. The molecule has 52 heavy (non-hydrogen) atoms. The first-order valence-corrected chi connectivity index (χ1v) is 18.7. The van der Waals surface area contributed by atoms with E-state index >= 15 is 0 Å². The van der Waals surface area contributed by atoms with Crippen LogP contribution in [0.5, 0.6) is 0 Å². The molecular weight excluding hydrogens is 652 g/mol. The zero-order valence-electron chi connectivity index (χ0n) is 33.4. The molecule has 0 N–H and O–H groups in total. The Labute approximate surface area is 314 Å².